The number of Topliss-reactive ketones (excluding diaryl/α,β-unsaturated/α-hetero) is 1. The van der Waals surface area contributed by atoms with Gasteiger partial charge in [0.1, 0.15) is 0 Å². The number of carbonyl (C=O) groups is 1. The van der Waals surface area contributed by atoms with Crippen molar-refractivity contribution in [2.45, 2.75) is 26.7 Å². The predicted octanol–water partition coefficient (Wildman–Crippen LogP) is 1.22. The first-order valence-corrected chi connectivity index (χ1v) is 6.85. The number of rotatable bonds is 9. The van der Waals surface area contributed by atoms with Gasteiger partial charge in [0.15, 0.2) is 0 Å². The van der Waals surface area contributed by atoms with Gasteiger partial charge in [-0.2, -0.15) is 4.79 Å². The third-order valence-corrected chi connectivity index (χ3v) is 3.82. The number of aliphatic hydroxyl groups excluding tert-OH is 1. The molecule has 0 radical (unpaired) electrons. The first-order valence-electron chi connectivity index (χ1n) is 5.31. The molecule has 0 heterocycles. The SMILES string of the molecule is CCOP(=O)(OCC)C(=[N+]=[N-])C(=O)CCCO. The largest absolute Gasteiger partial charge is 0.446 e. The van der Waals surface area contributed by atoms with E-state index in [0.717, 1.165) is 0 Å². The molecule has 98 valence electrons. The average Bonchev–Trinajstić information content (AvgIpc) is 2.27. The Balaban J connectivity index is 4.99. The van der Waals surface area contributed by atoms with Crippen molar-refractivity contribution in [1.82, 2.24) is 0 Å². The Morgan fingerprint density at radius 3 is 2.24 bits per heavy atom. The maximum absolute atomic E-state index is 12.1. The Labute approximate surface area is 99.9 Å². The van der Waals surface area contributed by atoms with Crippen LogP contribution in [0.3, 0.4) is 0 Å². The van der Waals surface area contributed by atoms with Gasteiger partial charge in [0, 0.05) is 13.0 Å². The molecule has 0 rings (SSSR count). The molecule has 0 saturated heterocycles. The normalized spacial score (nSPS) is 11.0. The van der Waals surface area contributed by atoms with E-state index in [1.54, 1.807) is 13.8 Å². The van der Waals surface area contributed by atoms with E-state index in [4.69, 9.17) is 19.7 Å². The molecule has 0 unspecified atom stereocenters. The molecule has 0 aromatic heterocycles. The van der Waals surface area contributed by atoms with E-state index in [9.17, 15) is 9.36 Å². The summed E-state index contributed by atoms with van der Waals surface area (Å²) in [5, 5.41) is 8.59. The number of aliphatic hydroxyl groups is 1. The fraction of sp³-hybridized carbons (Fsp3) is 0.778. The highest BCUT2D eigenvalue weighted by Gasteiger charge is 2.44. The molecule has 8 heteroatoms. The summed E-state index contributed by atoms with van der Waals surface area (Å²) in [6.07, 6.45) is 0.107. The fourth-order valence-electron chi connectivity index (χ4n) is 1.11. The Morgan fingerprint density at radius 1 is 1.35 bits per heavy atom. The molecular weight excluding hydrogens is 247 g/mol. The monoisotopic (exact) mass is 264 g/mol. The lowest BCUT2D eigenvalue weighted by atomic mass is 10.2. The first kappa shape index (κ1) is 16.2. The Hall–Kier alpha value is -0.840. The summed E-state index contributed by atoms with van der Waals surface area (Å²) < 4.78 is 21.9. The van der Waals surface area contributed by atoms with Gasteiger partial charge in [-0.15, -0.1) is 0 Å². The van der Waals surface area contributed by atoms with Gasteiger partial charge in [0.2, 0.25) is 0 Å². The fourth-order valence-corrected chi connectivity index (χ4v) is 2.64. The molecule has 0 atom stereocenters. The van der Waals surface area contributed by atoms with E-state index in [1.807, 2.05) is 0 Å². The first-order chi connectivity index (χ1) is 8.05. The van der Waals surface area contributed by atoms with Crippen molar-refractivity contribution in [3.8, 4) is 0 Å². The van der Waals surface area contributed by atoms with Crippen LogP contribution in [0.5, 0.6) is 0 Å². The minimum absolute atomic E-state index is 0.0591. The minimum atomic E-state index is -3.86. The van der Waals surface area contributed by atoms with Crippen molar-refractivity contribution < 1.29 is 28.3 Å². The van der Waals surface area contributed by atoms with Gasteiger partial charge in [-0.05, 0) is 20.3 Å². The summed E-state index contributed by atoms with van der Waals surface area (Å²) in [7, 11) is -3.86. The van der Waals surface area contributed by atoms with Crippen molar-refractivity contribution in [1.29, 1.82) is 0 Å². The molecule has 7 nitrogen and oxygen atoms in total. The molecule has 0 aliphatic carbocycles. The van der Waals surface area contributed by atoms with Crippen LogP contribution in [-0.2, 0) is 18.4 Å². The van der Waals surface area contributed by atoms with Crippen molar-refractivity contribution in [2.75, 3.05) is 19.8 Å². The average molecular weight is 264 g/mol. The second-order valence-electron chi connectivity index (χ2n) is 3.01. The van der Waals surface area contributed by atoms with Gasteiger partial charge in [-0.3, -0.25) is 4.79 Å². The number of hydrogen-bond acceptors (Lipinski definition) is 5. The topological polar surface area (TPSA) is 109 Å². The highest BCUT2D eigenvalue weighted by atomic mass is 31.2. The number of carbonyl (C=O) groups excluding carboxylic acids is 1. The maximum atomic E-state index is 12.1. The van der Waals surface area contributed by atoms with Crippen LogP contribution in [0.4, 0.5) is 0 Å². The number of hydrogen-bond donors (Lipinski definition) is 1. The van der Waals surface area contributed by atoms with Gasteiger partial charge in [0.25, 0.3) is 5.78 Å². The standard InChI is InChI=1S/C9H17N2O5P/c1-3-15-17(14,16-4-2)9(11-10)8(13)6-5-7-12/h12H,3-7H2,1-2H3. The highest BCUT2D eigenvalue weighted by molar-refractivity contribution is 7.74. The van der Waals surface area contributed by atoms with Crippen molar-refractivity contribution >= 4 is 18.8 Å². The van der Waals surface area contributed by atoms with Gasteiger partial charge < -0.3 is 19.7 Å². The second-order valence-corrected chi connectivity index (χ2v) is 4.94. The molecule has 0 amide bonds. The van der Waals surface area contributed by atoms with E-state index < -0.39 is 18.8 Å². The zero-order valence-corrected chi connectivity index (χ0v) is 10.9. The summed E-state index contributed by atoms with van der Waals surface area (Å²) in [6.45, 7) is 3.10. The van der Waals surface area contributed by atoms with E-state index in [2.05, 4.69) is 4.79 Å². The number of nitrogens with zero attached hydrogens (tertiary/aromatic N) is 2. The van der Waals surface area contributed by atoms with Crippen LogP contribution in [0.25, 0.3) is 5.53 Å². The third-order valence-electron chi connectivity index (χ3n) is 1.76. The molecule has 0 aromatic carbocycles. The molecule has 0 aliphatic heterocycles. The van der Waals surface area contributed by atoms with Crippen LogP contribution < -0.4 is 0 Å². The number of ketones is 1. The second kappa shape index (κ2) is 8.28. The Morgan fingerprint density at radius 2 is 1.88 bits per heavy atom. The van der Waals surface area contributed by atoms with Crippen molar-refractivity contribution in [3.05, 3.63) is 5.53 Å². The lowest BCUT2D eigenvalue weighted by Gasteiger charge is -2.11. The molecule has 0 aromatic rings. The van der Waals surface area contributed by atoms with E-state index in [0.29, 0.717) is 0 Å². The van der Waals surface area contributed by atoms with Crippen LogP contribution in [0.2, 0.25) is 0 Å². The minimum Gasteiger partial charge on any atom is -0.396 e. The molecule has 1 N–H and O–H groups in total. The molecule has 0 fully saturated rings. The summed E-state index contributed by atoms with van der Waals surface area (Å²) in [5.41, 5.74) is 8.14. The lowest BCUT2D eigenvalue weighted by molar-refractivity contribution is -0.117. The highest BCUT2D eigenvalue weighted by Crippen LogP contribution is 2.49. The van der Waals surface area contributed by atoms with E-state index in [1.165, 1.54) is 0 Å². The lowest BCUT2D eigenvalue weighted by Crippen LogP contribution is -2.19. The summed E-state index contributed by atoms with van der Waals surface area (Å²) in [4.78, 5) is 14.3. The van der Waals surface area contributed by atoms with Gasteiger partial charge in [-0.25, -0.2) is 4.57 Å². The van der Waals surface area contributed by atoms with E-state index >= 15 is 0 Å². The molecule has 0 spiro atoms. The molecule has 0 saturated carbocycles. The summed E-state index contributed by atoms with van der Waals surface area (Å²) >= 11 is 0. The predicted molar refractivity (Wildman–Crippen MR) is 60.8 cm³/mol. The molecule has 0 bridgehead atoms. The zero-order valence-electron chi connectivity index (χ0n) is 9.96. The maximum Gasteiger partial charge on any atom is 0.446 e. The molecular formula is C9H17N2O5P. The quantitative estimate of drug-likeness (QED) is 0.291. The molecule has 0 aliphatic rings. The van der Waals surface area contributed by atoms with Crippen molar-refractivity contribution in [3.63, 3.8) is 0 Å². The Kier molecular flexibility index (Phi) is 7.87. The van der Waals surface area contributed by atoms with Crippen LogP contribution >= 0.6 is 7.60 Å². The van der Waals surface area contributed by atoms with Crippen LogP contribution in [-0.4, -0.2) is 41.0 Å². The molecule has 17 heavy (non-hydrogen) atoms. The van der Waals surface area contributed by atoms with Crippen LogP contribution in [0.1, 0.15) is 26.7 Å². The van der Waals surface area contributed by atoms with Gasteiger partial charge >= 0.3 is 13.0 Å². The Bertz CT molecular complexity index is 341. The van der Waals surface area contributed by atoms with E-state index in [-0.39, 0.29) is 32.7 Å². The zero-order chi connectivity index (χ0) is 13.3. The van der Waals surface area contributed by atoms with Crippen LogP contribution in [0, 0.1) is 0 Å². The van der Waals surface area contributed by atoms with Crippen LogP contribution in [0.15, 0.2) is 0 Å². The summed E-state index contributed by atoms with van der Waals surface area (Å²) in [5.74, 6) is -0.660. The van der Waals surface area contributed by atoms with Gasteiger partial charge in [0.05, 0.1) is 13.2 Å². The van der Waals surface area contributed by atoms with Crippen molar-refractivity contribution in [2.24, 2.45) is 0 Å². The third kappa shape index (κ3) is 4.89. The smallest absolute Gasteiger partial charge is 0.396 e. The van der Waals surface area contributed by atoms with Gasteiger partial charge in [-0.1, -0.05) is 0 Å². The summed E-state index contributed by atoms with van der Waals surface area (Å²) in [6, 6.07) is 0.